The minimum atomic E-state index is -0.0262. The van der Waals surface area contributed by atoms with Gasteiger partial charge < -0.3 is 14.4 Å². The molecule has 0 spiro atoms. The van der Waals surface area contributed by atoms with E-state index in [1.165, 1.54) is 45.4 Å². The number of nitrogens with zero attached hydrogens (tertiary/aromatic N) is 1. The Hall–Kier alpha value is -2.04. The Bertz CT molecular complexity index is 657. The number of amides is 1. The quantitative estimate of drug-likeness (QED) is 0.632. The van der Waals surface area contributed by atoms with E-state index in [1.54, 1.807) is 25.3 Å². The van der Waals surface area contributed by atoms with Gasteiger partial charge in [-0.3, -0.25) is 9.59 Å². The van der Waals surface area contributed by atoms with E-state index >= 15 is 0 Å². The lowest BCUT2D eigenvalue weighted by Gasteiger charge is -2.41. The van der Waals surface area contributed by atoms with Crippen LogP contribution in [0.4, 0.5) is 0 Å². The minimum absolute atomic E-state index is 0.0166. The topological polar surface area (TPSA) is 55.8 Å². The van der Waals surface area contributed by atoms with Crippen LogP contribution in [-0.4, -0.2) is 42.4 Å². The molecule has 0 saturated heterocycles. The third-order valence-electron chi connectivity index (χ3n) is 6.15. The van der Waals surface area contributed by atoms with Gasteiger partial charge in [-0.25, -0.2) is 0 Å². The van der Waals surface area contributed by atoms with Crippen molar-refractivity contribution in [1.29, 1.82) is 0 Å². The molecule has 5 heteroatoms. The molecule has 2 aliphatic carbocycles. The first-order valence-corrected chi connectivity index (χ1v) is 10.7. The fourth-order valence-electron chi connectivity index (χ4n) is 4.64. The maximum atomic E-state index is 13.2. The second kappa shape index (κ2) is 9.94. The van der Waals surface area contributed by atoms with Gasteiger partial charge in [-0.1, -0.05) is 38.5 Å². The number of methoxy groups -OCH3 is 1. The standard InChI is InChI=1S/C23H33NO4/c1-17(25)18-13-14-21(22(15-18)27-2)28-16-23(26)24(19-9-5-3-6-10-19)20-11-7-4-8-12-20/h13-15,19-20H,3-12,16H2,1-2H3. The van der Waals surface area contributed by atoms with Gasteiger partial charge in [0.25, 0.3) is 5.91 Å². The normalized spacial score (nSPS) is 18.5. The molecule has 0 aromatic heterocycles. The van der Waals surface area contributed by atoms with Crippen molar-refractivity contribution in [1.82, 2.24) is 4.90 Å². The summed E-state index contributed by atoms with van der Waals surface area (Å²) < 4.78 is 11.2. The molecule has 3 rings (SSSR count). The summed E-state index contributed by atoms with van der Waals surface area (Å²) in [5.74, 6) is 1.05. The number of ether oxygens (including phenoxy) is 2. The Balaban J connectivity index is 1.70. The molecule has 0 radical (unpaired) electrons. The van der Waals surface area contributed by atoms with Crippen molar-refractivity contribution in [2.45, 2.75) is 83.2 Å². The Morgan fingerprint density at radius 3 is 2.00 bits per heavy atom. The molecular formula is C23H33NO4. The zero-order valence-electron chi connectivity index (χ0n) is 17.2. The van der Waals surface area contributed by atoms with Crippen LogP contribution >= 0.6 is 0 Å². The highest BCUT2D eigenvalue weighted by atomic mass is 16.5. The van der Waals surface area contributed by atoms with Gasteiger partial charge in [0.05, 0.1) is 7.11 Å². The predicted octanol–water partition coefficient (Wildman–Crippen LogP) is 4.77. The summed E-state index contributed by atoms with van der Waals surface area (Å²) in [5, 5.41) is 0. The molecule has 1 aromatic carbocycles. The third-order valence-corrected chi connectivity index (χ3v) is 6.15. The highest BCUT2D eigenvalue weighted by molar-refractivity contribution is 5.94. The monoisotopic (exact) mass is 387 g/mol. The van der Waals surface area contributed by atoms with Gasteiger partial charge in [-0.05, 0) is 50.8 Å². The number of carbonyl (C=O) groups is 2. The Labute approximate surface area is 168 Å². The average Bonchev–Trinajstić information content (AvgIpc) is 2.73. The van der Waals surface area contributed by atoms with Crippen LogP contribution in [0.3, 0.4) is 0 Å². The smallest absolute Gasteiger partial charge is 0.261 e. The summed E-state index contributed by atoms with van der Waals surface area (Å²) in [6.45, 7) is 1.54. The van der Waals surface area contributed by atoms with E-state index in [0.29, 0.717) is 29.1 Å². The van der Waals surface area contributed by atoms with Crippen molar-refractivity contribution in [2.24, 2.45) is 0 Å². The molecule has 0 heterocycles. The van der Waals surface area contributed by atoms with Gasteiger partial charge in [0.15, 0.2) is 23.9 Å². The Kier molecular flexibility index (Phi) is 7.35. The molecule has 0 N–H and O–H groups in total. The first-order chi connectivity index (χ1) is 13.6. The van der Waals surface area contributed by atoms with Crippen LogP contribution in [0.15, 0.2) is 18.2 Å². The maximum absolute atomic E-state index is 13.2. The zero-order valence-corrected chi connectivity index (χ0v) is 17.2. The van der Waals surface area contributed by atoms with E-state index < -0.39 is 0 Å². The van der Waals surface area contributed by atoms with E-state index in [4.69, 9.17) is 9.47 Å². The largest absolute Gasteiger partial charge is 0.493 e. The molecule has 154 valence electrons. The zero-order chi connectivity index (χ0) is 19.9. The molecule has 5 nitrogen and oxygen atoms in total. The number of carbonyl (C=O) groups excluding carboxylic acids is 2. The number of benzene rings is 1. The molecule has 28 heavy (non-hydrogen) atoms. The Morgan fingerprint density at radius 2 is 1.50 bits per heavy atom. The molecule has 0 bridgehead atoms. The second-order valence-corrected chi connectivity index (χ2v) is 8.10. The fraction of sp³-hybridized carbons (Fsp3) is 0.652. The molecule has 2 fully saturated rings. The maximum Gasteiger partial charge on any atom is 0.261 e. The number of hydrogen-bond acceptors (Lipinski definition) is 4. The van der Waals surface area contributed by atoms with Crippen LogP contribution in [0.5, 0.6) is 11.5 Å². The summed E-state index contributed by atoms with van der Waals surface area (Å²) in [6.07, 6.45) is 11.8. The Morgan fingerprint density at radius 1 is 0.929 bits per heavy atom. The lowest BCUT2D eigenvalue weighted by Crippen LogP contribution is -2.50. The van der Waals surface area contributed by atoms with Gasteiger partial charge in [-0.2, -0.15) is 0 Å². The van der Waals surface area contributed by atoms with E-state index in [2.05, 4.69) is 4.90 Å². The summed E-state index contributed by atoms with van der Waals surface area (Å²) in [6, 6.07) is 5.81. The molecule has 0 aliphatic heterocycles. The molecule has 1 aromatic rings. The molecule has 2 aliphatic rings. The highest BCUT2D eigenvalue weighted by Gasteiger charge is 2.32. The molecule has 0 atom stereocenters. The summed E-state index contributed by atoms with van der Waals surface area (Å²) in [5.41, 5.74) is 0.571. The molecule has 1 amide bonds. The first kappa shape index (κ1) is 20.7. The SMILES string of the molecule is COc1cc(C(C)=O)ccc1OCC(=O)N(C1CCCCC1)C1CCCCC1. The number of hydrogen-bond donors (Lipinski definition) is 0. The summed E-state index contributed by atoms with van der Waals surface area (Å²) in [4.78, 5) is 26.9. The lowest BCUT2D eigenvalue weighted by atomic mass is 9.88. The van der Waals surface area contributed by atoms with Crippen LogP contribution in [0.25, 0.3) is 0 Å². The fourth-order valence-corrected chi connectivity index (χ4v) is 4.64. The highest BCUT2D eigenvalue weighted by Crippen LogP contribution is 2.32. The van der Waals surface area contributed by atoms with Gasteiger partial charge in [-0.15, -0.1) is 0 Å². The van der Waals surface area contributed by atoms with E-state index in [9.17, 15) is 9.59 Å². The van der Waals surface area contributed by atoms with E-state index in [0.717, 1.165) is 25.7 Å². The van der Waals surface area contributed by atoms with E-state index in [-0.39, 0.29) is 18.3 Å². The van der Waals surface area contributed by atoms with Crippen molar-refractivity contribution in [3.8, 4) is 11.5 Å². The average molecular weight is 388 g/mol. The first-order valence-electron chi connectivity index (χ1n) is 10.7. The van der Waals surface area contributed by atoms with Gasteiger partial charge in [0.2, 0.25) is 0 Å². The minimum Gasteiger partial charge on any atom is -0.493 e. The summed E-state index contributed by atoms with van der Waals surface area (Å²) >= 11 is 0. The van der Waals surface area contributed by atoms with Crippen LogP contribution in [0.2, 0.25) is 0 Å². The molecule has 0 unspecified atom stereocenters. The number of Topliss-reactive ketones (excluding diaryl/α,β-unsaturated/α-hetero) is 1. The number of rotatable bonds is 7. The number of ketones is 1. The van der Waals surface area contributed by atoms with Crippen LogP contribution in [-0.2, 0) is 4.79 Å². The third kappa shape index (κ3) is 5.06. The van der Waals surface area contributed by atoms with Gasteiger partial charge in [0.1, 0.15) is 0 Å². The predicted molar refractivity (Wildman–Crippen MR) is 109 cm³/mol. The van der Waals surface area contributed by atoms with Crippen molar-refractivity contribution < 1.29 is 19.1 Å². The molecular weight excluding hydrogens is 354 g/mol. The summed E-state index contributed by atoms with van der Waals surface area (Å²) in [7, 11) is 1.55. The van der Waals surface area contributed by atoms with Crippen molar-refractivity contribution >= 4 is 11.7 Å². The van der Waals surface area contributed by atoms with Crippen molar-refractivity contribution in [2.75, 3.05) is 13.7 Å². The van der Waals surface area contributed by atoms with Crippen LogP contribution in [0, 0.1) is 0 Å². The molecule has 2 saturated carbocycles. The second-order valence-electron chi connectivity index (χ2n) is 8.10. The van der Waals surface area contributed by atoms with Gasteiger partial charge in [0, 0.05) is 17.6 Å². The lowest BCUT2D eigenvalue weighted by molar-refractivity contribution is -0.140. The van der Waals surface area contributed by atoms with Crippen molar-refractivity contribution in [3.63, 3.8) is 0 Å². The van der Waals surface area contributed by atoms with Crippen LogP contribution in [0.1, 0.15) is 81.5 Å². The van der Waals surface area contributed by atoms with Crippen LogP contribution < -0.4 is 9.47 Å². The van der Waals surface area contributed by atoms with E-state index in [1.807, 2.05) is 0 Å². The van der Waals surface area contributed by atoms with Gasteiger partial charge >= 0.3 is 0 Å². The van der Waals surface area contributed by atoms with Crippen molar-refractivity contribution in [3.05, 3.63) is 23.8 Å².